The lowest BCUT2D eigenvalue weighted by molar-refractivity contribution is -0.363. The molecule has 0 unspecified atom stereocenters. The molecule has 0 aromatic heterocycles. The van der Waals surface area contributed by atoms with Crippen molar-refractivity contribution in [3.63, 3.8) is 0 Å². The minimum atomic E-state index is -2.14. The first-order valence-corrected chi connectivity index (χ1v) is 26.2. The summed E-state index contributed by atoms with van der Waals surface area (Å²) in [6, 6.07) is 4.49. The van der Waals surface area contributed by atoms with Gasteiger partial charge in [0.15, 0.2) is 24.5 Å². The van der Waals surface area contributed by atoms with Crippen molar-refractivity contribution < 1.29 is 95.4 Å². The maximum atomic E-state index is 14.7. The van der Waals surface area contributed by atoms with Gasteiger partial charge >= 0.3 is 12.2 Å². The molecule has 7 N–H and O–H groups in total. The summed E-state index contributed by atoms with van der Waals surface area (Å²) in [6.45, 7) is 7.98. The third-order valence-electron chi connectivity index (χ3n) is 18.6. The molecule has 75 heavy (non-hydrogen) atoms. The molecule has 4 saturated carbocycles. The quantitative estimate of drug-likeness (QED) is 0.112. The van der Waals surface area contributed by atoms with E-state index in [1.54, 1.807) is 0 Å². The van der Waals surface area contributed by atoms with E-state index in [0.717, 1.165) is 56.4 Å². The number of rotatable bonds is 10. The first-order chi connectivity index (χ1) is 35.6. The smallest absolute Gasteiger partial charge is 0.412 e. The van der Waals surface area contributed by atoms with Crippen LogP contribution in [0.4, 0.5) is 38.5 Å². The van der Waals surface area contributed by atoms with Crippen LogP contribution in [0.1, 0.15) is 85.5 Å². The molecule has 10 rings (SSSR count). The van der Waals surface area contributed by atoms with Crippen LogP contribution in [-0.4, -0.2) is 143 Å². The van der Waals surface area contributed by atoms with Crippen molar-refractivity contribution in [3.8, 4) is 0 Å². The van der Waals surface area contributed by atoms with Crippen LogP contribution in [0.3, 0.4) is 0 Å². The number of aliphatic hydroxyl groups is 5. The second kappa shape index (κ2) is 21.0. The molecule has 0 radical (unpaired) electrons. The highest BCUT2D eigenvalue weighted by atomic mass is 19.1. The molecule has 4 saturated heterocycles. The van der Waals surface area contributed by atoms with Gasteiger partial charge in [-0.25, -0.2) is 27.2 Å². The maximum Gasteiger partial charge on any atom is 0.412 e. The number of Topliss-reactive ketones (excluding diaryl/α,β-unsaturated/α-hetero) is 1. The molecule has 2 amide bonds. The van der Waals surface area contributed by atoms with Gasteiger partial charge in [0, 0.05) is 36.8 Å². The van der Waals surface area contributed by atoms with E-state index >= 15 is 0 Å². The normalized spacial score (nSPS) is 44.2. The van der Waals surface area contributed by atoms with E-state index in [0.29, 0.717) is 62.0 Å². The van der Waals surface area contributed by atoms with Crippen molar-refractivity contribution in [2.75, 3.05) is 30.5 Å². The Morgan fingerprint density at radius 1 is 0.760 bits per heavy atom. The summed E-state index contributed by atoms with van der Waals surface area (Å²) in [5, 5.41) is 60.4. The maximum absolute atomic E-state index is 14.7. The van der Waals surface area contributed by atoms with E-state index in [-0.39, 0.29) is 46.5 Å². The first-order valence-electron chi connectivity index (χ1n) is 26.2. The molecule has 2 aromatic rings. The number of anilines is 2. The minimum absolute atomic E-state index is 0.0552. The third-order valence-corrected chi connectivity index (χ3v) is 18.6. The predicted octanol–water partition coefficient (Wildman–Crippen LogP) is 5.69. The van der Waals surface area contributed by atoms with Crippen LogP contribution in [0.2, 0.25) is 0 Å². The molecule has 2 aromatic carbocycles. The number of amides is 2. The highest BCUT2D eigenvalue weighted by Gasteiger charge is 2.71. The summed E-state index contributed by atoms with van der Waals surface area (Å²) in [4.78, 5) is 40.4. The molecule has 414 valence electrons. The van der Waals surface area contributed by atoms with Gasteiger partial charge in [0.1, 0.15) is 78.4 Å². The van der Waals surface area contributed by atoms with E-state index in [9.17, 15) is 57.5 Å². The Balaban J connectivity index is 0.778. The number of fused-ring (bicyclic) bond motifs is 7. The van der Waals surface area contributed by atoms with E-state index < -0.39 is 133 Å². The molecule has 4 aliphatic carbocycles. The fraction of sp³-hybridized carbons (Fsp3) is 0.717. The van der Waals surface area contributed by atoms with Gasteiger partial charge < -0.3 is 63.4 Å². The van der Waals surface area contributed by atoms with Gasteiger partial charge in [0.25, 0.3) is 0 Å². The Hall–Kier alpha value is -4.07. The van der Waals surface area contributed by atoms with Gasteiger partial charge in [-0.3, -0.25) is 15.4 Å². The number of hydrogen-bond acceptors (Lipinski definition) is 16. The molecule has 1 spiro atoms. The van der Waals surface area contributed by atoms with Crippen LogP contribution in [0.25, 0.3) is 0 Å². The Morgan fingerprint density at radius 2 is 1.40 bits per heavy atom. The monoisotopic (exact) mass is 1060 g/mol. The van der Waals surface area contributed by atoms with Gasteiger partial charge in [-0.2, -0.15) is 0 Å². The topological polar surface area (TPSA) is 250 Å². The fourth-order valence-corrected chi connectivity index (χ4v) is 14.9. The number of ether oxygens (including phenoxy) is 8. The molecule has 4 heterocycles. The number of hydrogen-bond donors (Lipinski definition) is 7. The second-order valence-electron chi connectivity index (χ2n) is 23.0. The minimum Gasteiger partial charge on any atom is -0.446 e. The van der Waals surface area contributed by atoms with Crippen molar-refractivity contribution >= 4 is 29.3 Å². The average molecular weight is 1070 g/mol. The van der Waals surface area contributed by atoms with Crippen LogP contribution in [0.15, 0.2) is 36.4 Å². The molecule has 22 heteroatoms. The van der Waals surface area contributed by atoms with E-state index in [1.807, 2.05) is 5.32 Å². The van der Waals surface area contributed by atoms with Crippen LogP contribution in [0.5, 0.6) is 0 Å². The average Bonchev–Trinajstić information content (AvgIpc) is 3.88. The number of ketones is 1. The van der Waals surface area contributed by atoms with E-state index in [4.69, 9.17) is 37.9 Å². The molecule has 8 fully saturated rings. The van der Waals surface area contributed by atoms with E-state index in [2.05, 4.69) is 33.0 Å². The molecule has 0 bridgehead atoms. The number of carbonyl (C=O) groups is 3. The molecular formula is C53H68F4N2O16. The molecule has 22 atom stereocenters. The Labute approximate surface area is 431 Å². The van der Waals surface area contributed by atoms with Crippen LogP contribution in [-0.2, 0) is 42.7 Å². The van der Waals surface area contributed by atoms with Crippen molar-refractivity contribution in [1.29, 1.82) is 0 Å². The van der Waals surface area contributed by atoms with Crippen molar-refractivity contribution in [2.24, 2.45) is 52.3 Å². The van der Waals surface area contributed by atoms with Gasteiger partial charge in [-0.05, 0) is 110 Å². The Morgan fingerprint density at radius 3 is 2.04 bits per heavy atom. The number of halogens is 4. The summed E-state index contributed by atoms with van der Waals surface area (Å²) in [5.41, 5.74) is -1.49. The summed E-state index contributed by atoms with van der Waals surface area (Å²) >= 11 is 0. The highest BCUT2D eigenvalue weighted by molar-refractivity contribution is 5.86. The van der Waals surface area contributed by atoms with Crippen molar-refractivity contribution in [1.82, 2.24) is 0 Å². The van der Waals surface area contributed by atoms with Crippen LogP contribution >= 0.6 is 0 Å². The number of nitrogens with one attached hydrogen (secondary N) is 2. The number of carbonyl (C=O) groups excluding carboxylic acids is 3. The third kappa shape index (κ3) is 9.97. The standard InChI is InChI=1S/C53H68F4N2O16/c1-23-11-14-53(69-21-23)24(2)39-36(75-53)18-30-29-8-5-25-15-28(12-13-51(25,3)40(29)35(61)19-52(30,39)4)70-47-43(64)41(62)45(37(20-60)71-47)73-48-44(65)42(63)46(74-50(67)59-34-10-7-27(55)17-32(34)57)38(72-48)22-68-49(66)58-33-9-6-26(54)16-31(33)56/h6-7,9-10,16-17,23-25,28-30,36-48,60,62-65H,5,8,11-15,18-22H2,1-4H3,(H,58,66)(H,59,67)/t23-,24+,25+,28+,29+,30+,36+,37-,38-,39+,40-,41-,42-,43-,44-,45-,46-,47-,48+,51+,52+,53-/m1/s1. The number of benzene rings is 2. The van der Waals surface area contributed by atoms with Crippen LogP contribution < -0.4 is 10.6 Å². The molecule has 8 aliphatic rings. The zero-order chi connectivity index (χ0) is 53.5. The number of aliphatic hydroxyl groups excluding tert-OH is 5. The largest absolute Gasteiger partial charge is 0.446 e. The Kier molecular flexibility index (Phi) is 15.2. The summed E-state index contributed by atoms with van der Waals surface area (Å²) in [7, 11) is 0. The van der Waals surface area contributed by atoms with Gasteiger partial charge in [-0.15, -0.1) is 0 Å². The fourth-order valence-electron chi connectivity index (χ4n) is 14.9. The molecule has 4 aliphatic heterocycles. The molecular weight excluding hydrogens is 997 g/mol. The lowest BCUT2D eigenvalue weighted by Gasteiger charge is -2.60. The van der Waals surface area contributed by atoms with E-state index in [1.165, 1.54) is 0 Å². The van der Waals surface area contributed by atoms with Crippen molar-refractivity contribution in [2.45, 2.75) is 165 Å². The van der Waals surface area contributed by atoms with Crippen molar-refractivity contribution in [3.05, 3.63) is 59.7 Å². The lowest BCUT2D eigenvalue weighted by atomic mass is 9.44. The zero-order valence-corrected chi connectivity index (χ0v) is 42.2. The first kappa shape index (κ1) is 54.3. The van der Waals surface area contributed by atoms with Gasteiger partial charge in [-0.1, -0.05) is 27.7 Å². The SMILES string of the molecule is C[C@@H]1CC[C@@]2(OC1)O[C@H]1C[C@H]3[C@@H]4CC[C@H]5C[C@@H](O[C@@H]6O[C@H](CO)[C@@H](O[C@@H]7O[C@H](COC(=O)Nc8ccc(F)cc8F)[C@@H](OC(=O)Nc8ccc(F)cc8F)[C@H](O)[C@H]7O)[C@H](O)[C@H]6O)CC[C@]5(C)[C@H]4C(=O)C[C@]3(C)[C@H]1[C@@H]2C. The van der Waals surface area contributed by atoms with Gasteiger partial charge in [0.05, 0.1) is 36.8 Å². The lowest BCUT2D eigenvalue weighted by Crippen LogP contribution is -2.65. The highest BCUT2D eigenvalue weighted by Crippen LogP contribution is 2.70. The van der Waals surface area contributed by atoms with Crippen LogP contribution in [0, 0.1) is 75.5 Å². The Bertz CT molecular complexity index is 2450. The summed E-state index contributed by atoms with van der Waals surface area (Å²) in [5.74, 6) is -2.98. The predicted molar refractivity (Wildman–Crippen MR) is 252 cm³/mol. The second-order valence-corrected chi connectivity index (χ2v) is 23.0. The zero-order valence-electron chi connectivity index (χ0n) is 42.2. The summed E-state index contributed by atoms with van der Waals surface area (Å²) < 4.78 is 104. The van der Waals surface area contributed by atoms with Gasteiger partial charge in [0.2, 0.25) is 0 Å². The summed E-state index contributed by atoms with van der Waals surface area (Å²) in [6.07, 6.45) is -14.4. The molecule has 18 nitrogen and oxygen atoms in total.